The Balaban J connectivity index is 1.88. The molecule has 0 aliphatic carbocycles. The van der Waals surface area contributed by atoms with Crippen LogP contribution in [0.2, 0.25) is 0 Å². The van der Waals surface area contributed by atoms with Crippen LogP contribution in [0.3, 0.4) is 0 Å². The molecule has 1 saturated heterocycles. The van der Waals surface area contributed by atoms with Crippen molar-refractivity contribution in [1.82, 2.24) is 10.2 Å². The number of likely N-dealkylation sites (N-methyl/N-ethyl adjacent to an activating group) is 1. The minimum absolute atomic E-state index is 0.751. The Hall–Kier alpha value is -0.0800. The molecule has 0 aromatic carbocycles. The lowest BCUT2D eigenvalue weighted by molar-refractivity contribution is 0.319. The van der Waals surface area contributed by atoms with Gasteiger partial charge < -0.3 is 10.2 Å². The number of likely N-dealkylation sites (tertiary alicyclic amines) is 1. The molecule has 0 aromatic heterocycles. The molecule has 96 valence electrons. The van der Waals surface area contributed by atoms with Crippen LogP contribution in [0.4, 0.5) is 0 Å². The van der Waals surface area contributed by atoms with Gasteiger partial charge in [0.05, 0.1) is 0 Å². The van der Waals surface area contributed by atoms with Gasteiger partial charge in [-0.05, 0) is 38.9 Å². The van der Waals surface area contributed by atoms with Gasteiger partial charge in [-0.15, -0.1) is 0 Å². The van der Waals surface area contributed by atoms with Crippen molar-refractivity contribution < 1.29 is 0 Å². The fraction of sp³-hybridized carbons (Fsp3) is 1.00. The quantitative estimate of drug-likeness (QED) is 0.640. The Kier molecular flexibility index (Phi) is 7.06. The third-order valence-corrected chi connectivity index (χ3v) is 3.69. The number of hydrogen-bond donors (Lipinski definition) is 1. The average molecular weight is 226 g/mol. The zero-order valence-corrected chi connectivity index (χ0v) is 11.5. The third kappa shape index (κ3) is 5.86. The molecule has 0 bridgehead atoms. The van der Waals surface area contributed by atoms with Crippen molar-refractivity contribution in [2.75, 3.05) is 26.7 Å². The maximum Gasteiger partial charge on any atom is 0.0204 e. The molecule has 1 aliphatic rings. The summed E-state index contributed by atoms with van der Waals surface area (Å²) < 4.78 is 0. The molecule has 0 aromatic rings. The van der Waals surface area contributed by atoms with E-state index in [4.69, 9.17) is 0 Å². The van der Waals surface area contributed by atoms with Gasteiger partial charge in [0.15, 0.2) is 0 Å². The number of hydrogen-bond acceptors (Lipinski definition) is 2. The van der Waals surface area contributed by atoms with Crippen molar-refractivity contribution in [2.24, 2.45) is 5.92 Å². The van der Waals surface area contributed by atoms with Crippen molar-refractivity contribution in [3.63, 3.8) is 0 Å². The van der Waals surface area contributed by atoms with Gasteiger partial charge >= 0.3 is 0 Å². The number of nitrogens with zero attached hydrogens (tertiary/aromatic N) is 1. The predicted octanol–water partition coefficient (Wildman–Crippen LogP) is 2.89. The number of rotatable bonds is 8. The lowest BCUT2D eigenvalue weighted by Crippen LogP contribution is -2.30. The topological polar surface area (TPSA) is 15.3 Å². The Morgan fingerprint density at radius 3 is 2.56 bits per heavy atom. The molecule has 2 heteroatoms. The molecule has 1 heterocycles. The summed E-state index contributed by atoms with van der Waals surface area (Å²) in [6, 6.07) is 0.751. The van der Waals surface area contributed by atoms with Crippen LogP contribution >= 0.6 is 0 Å². The third-order valence-electron chi connectivity index (χ3n) is 3.69. The van der Waals surface area contributed by atoms with E-state index in [0.29, 0.717) is 0 Å². The van der Waals surface area contributed by atoms with Crippen molar-refractivity contribution in [3.8, 4) is 0 Å². The molecule has 1 rings (SSSR count). The predicted molar refractivity (Wildman–Crippen MR) is 71.8 cm³/mol. The van der Waals surface area contributed by atoms with Gasteiger partial charge in [-0.2, -0.15) is 0 Å². The van der Waals surface area contributed by atoms with E-state index in [-0.39, 0.29) is 0 Å². The van der Waals surface area contributed by atoms with E-state index in [1.807, 2.05) is 0 Å². The SMILES string of the molecule is CNC1CCN(CCCCCCC(C)C)C1. The summed E-state index contributed by atoms with van der Waals surface area (Å²) in [4.78, 5) is 2.61. The minimum Gasteiger partial charge on any atom is -0.316 e. The molecule has 1 fully saturated rings. The number of unbranched alkanes of at least 4 members (excludes halogenated alkanes) is 3. The zero-order valence-electron chi connectivity index (χ0n) is 11.5. The van der Waals surface area contributed by atoms with Crippen molar-refractivity contribution in [3.05, 3.63) is 0 Å². The zero-order chi connectivity index (χ0) is 11.8. The first-order chi connectivity index (χ1) is 7.72. The maximum absolute atomic E-state index is 3.38. The fourth-order valence-corrected chi connectivity index (χ4v) is 2.51. The Labute approximate surface area is 102 Å². The van der Waals surface area contributed by atoms with Crippen LogP contribution in [0, 0.1) is 5.92 Å². The van der Waals surface area contributed by atoms with Crippen LogP contribution in [0.1, 0.15) is 52.4 Å². The standard InChI is InChI=1S/C14H30N2/c1-13(2)8-6-4-5-7-10-16-11-9-14(12-16)15-3/h13-15H,4-12H2,1-3H3. The van der Waals surface area contributed by atoms with Gasteiger partial charge in [-0.3, -0.25) is 0 Å². The average Bonchev–Trinajstić information content (AvgIpc) is 2.70. The van der Waals surface area contributed by atoms with E-state index in [1.54, 1.807) is 0 Å². The first-order valence-electron chi connectivity index (χ1n) is 7.12. The van der Waals surface area contributed by atoms with Gasteiger partial charge in [-0.25, -0.2) is 0 Å². The van der Waals surface area contributed by atoms with Crippen molar-refractivity contribution in [2.45, 2.75) is 58.4 Å². The maximum atomic E-state index is 3.38. The fourth-order valence-electron chi connectivity index (χ4n) is 2.51. The Morgan fingerprint density at radius 2 is 1.94 bits per heavy atom. The minimum atomic E-state index is 0.751. The van der Waals surface area contributed by atoms with E-state index in [2.05, 4.69) is 31.1 Å². The lowest BCUT2D eigenvalue weighted by Gasteiger charge is -2.15. The molecule has 2 nitrogen and oxygen atoms in total. The monoisotopic (exact) mass is 226 g/mol. The van der Waals surface area contributed by atoms with E-state index >= 15 is 0 Å². The summed E-state index contributed by atoms with van der Waals surface area (Å²) >= 11 is 0. The summed E-state index contributed by atoms with van der Waals surface area (Å²) in [6.45, 7) is 8.53. The molecule has 16 heavy (non-hydrogen) atoms. The molecule has 1 N–H and O–H groups in total. The second kappa shape index (κ2) is 8.08. The van der Waals surface area contributed by atoms with E-state index < -0.39 is 0 Å². The van der Waals surface area contributed by atoms with Gasteiger partial charge in [0, 0.05) is 12.6 Å². The van der Waals surface area contributed by atoms with Gasteiger partial charge in [-0.1, -0.05) is 39.5 Å². The lowest BCUT2D eigenvalue weighted by atomic mass is 10.0. The van der Waals surface area contributed by atoms with Crippen molar-refractivity contribution in [1.29, 1.82) is 0 Å². The molecule has 0 amide bonds. The summed E-state index contributed by atoms with van der Waals surface area (Å²) in [5.41, 5.74) is 0. The molecule has 1 unspecified atom stereocenters. The van der Waals surface area contributed by atoms with E-state index in [9.17, 15) is 0 Å². The normalized spacial score (nSPS) is 22.1. The Bertz CT molecular complexity index is 168. The summed E-state index contributed by atoms with van der Waals surface area (Å²) in [6.07, 6.45) is 8.43. The Morgan fingerprint density at radius 1 is 1.19 bits per heavy atom. The molecular weight excluding hydrogens is 196 g/mol. The second-order valence-electron chi connectivity index (χ2n) is 5.67. The second-order valence-corrected chi connectivity index (χ2v) is 5.67. The summed E-state index contributed by atoms with van der Waals surface area (Å²) in [5.74, 6) is 0.884. The van der Waals surface area contributed by atoms with E-state index in [0.717, 1.165) is 12.0 Å². The largest absolute Gasteiger partial charge is 0.316 e. The van der Waals surface area contributed by atoms with Crippen LogP contribution in [0.15, 0.2) is 0 Å². The highest BCUT2D eigenvalue weighted by atomic mass is 15.2. The van der Waals surface area contributed by atoms with Gasteiger partial charge in [0.2, 0.25) is 0 Å². The molecule has 1 atom stereocenters. The molecular formula is C14H30N2. The number of nitrogens with one attached hydrogen (secondary N) is 1. The van der Waals surface area contributed by atoms with Crippen LogP contribution in [-0.4, -0.2) is 37.6 Å². The van der Waals surface area contributed by atoms with Crippen LogP contribution < -0.4 is 5.32 Å². The summed E-state index contributed by atoms with van der Waals surface area (Å²) in [5, 5.41) is 3.38. The highest BCUT2D eigenvalue weighted by Gasteiger charge is 2.19. The highest BCUT2D eigenvalue weighted by molar-refractivity contribution is 4.79. The first kappa shape index (κ1) is 14.0. The molecule has 0 spiro atoms. The first-order valence-corrected chi connectivity index (χ1v) is 7.12. The smallest absolute Gasteiger partial charge is 0.0204 e. The van der Waals surface area contributed by atoms with Crippen LogP contribution in [0.25, 0.3) is 0 Å². The van der Waals surface area contributed by atoms with Crippen molar-refractivity contribution >= 4 is 0 Å². The molecule has 0 radical (unpaired) electrons. The van der Waals surface area contributed by atoms with Gasteiger partial charge in [0.25, 0.3) is 0 Å². The van der Waals surface area contributed by atoms with Crippen LogP contribution in [-0.2, 0) is 0 Å². The van der Waals surface area contributed by atoms with Gasteiger partial charge in [0.1, 0.15) is 0 Å². The van der Waals surface area contributed by atoms with Crippen LogP contribution in [0.5, 0.6) is 0 Å². The highest BCUT2D eigenvalue weighted by Crippen LogP contribution is 2.12. The summed E-state index contributed by atoms with van der Waals surface area (Å²) in [7, 11) is 2.08. The van der Waals surface area contributed by atoms with E-state index in [1.165, 1.54) is 58.2 Å². The molecule has 1 aliphatic heterocycles. The molecule has 0 saturated carbocycles.